The molecule has 4 bridgehead atoms. The molecule has 44 heavy (non-hydrogen) atoms. The summed E-state index contributed by atoms with van der Waals surface area (Å²) >= 11 is 6.36. The summed E-state index contributed by atoms with van der Waals surface area (Å²) in [5.74, 6) is 0.641. The van der Waals surface area contributed by atoms with Crippen molar-refractivity contribution in [2.24, 2.45) is 0 Å². The van der Waals surface area contributed by atoms with Crippen LogP contribution in [0.4, 0.5) is 5.69 Å². The van der Waals surface area contributed by atoms with Gasteiger partial charge in [0.25, 0.3) is 5.91 Å². The van der Waals surface area contributed by atoms with Gasteiger partial charge in [0, 0.05) is 31.7 Å². The first-order valence-electron chi connectivity index (χ1n) is 14.9. The van der Waals surface area contributed by atoms with Gasteiger partial charge in [-0.25, -0.2) is 9.64 Å². The molecule has 0 aromatic heterocycles. The molecule has 2 aromatic carbocycles. The van der Waals surface area contributed by atoms with E-state index in [0.29, 0.717) is 54.2 Å². The van der Waals surface area contributed by atoms with Gasteiger partial charge < -0.3 is 38.8 Å². The molecule has 0 spiro atoms. The zero-order chi connectivity index (χ0) is 31.5. The zero-order valence-electron chi connectivity index (χ0n) is 25.7. The normalized spacial score (nSPS) is 21.6. The molecule has 1 fully saturated rings. The monoisotopic (exact) mass is 628 g/mol. The Kier molecular flexibility index (Phi) is 12.4. The number of fused-ring (bicyclic) bond motifs is 5. The minimum absolute atomic E-state index is 0.160. The van der Waals surface area contributed by atoms with Gasteiger partial charge in [0.1, 0.15) is 11.9 Å². The molecule has 3 unspecified atom stereocenters. The maximum absolute atomic E-state index is 13.4. The maximum Gasteiger partial charge on any atom is 0.338 e. The standard InChI is InChI=1S/C32H41ClN4O7/c1-34-29-25(33)18-22-19-26(29)43-17-5-8-24(44-32(39)23-20-27(40-2)30(42-4)28(21-23)41-3)9-14-37-13-7-12-36(15-16-37)11-6-10-35-31(22)38/h18-21,24H,5-17H2,2-4H3,(H,35,38). The first kappa shape index (κ1) is 33.2. The predicted molar refractivity (Wildman–Crippen MR) is 167 cm³/mol. The van der Waals surface area contributed by atoms with Crippen molar-refractivity contribution in [1.29, 1.82) is 0 Å². The first-order valence-corrected chi connectivity index (χ1v) is 15.3. The Morgan fingerprint density at radius 2 is 1.61 bits per heavy atom. The van der Waals surface area contributed by atoms with E-state index in [4.69, 9.17) is 41.9 Å². The average Bonchev–Trinajstić information content (AvgIpc) is 3.27. The fourth-order valence-electron chi connectivity index (χ4n) is 5.50. The Bertz CT molecular complexity index is 1320. The minimum Gasteiger partial charge on any atom is -0.505 e. The summed E-state index contributed by atoms with van der Waals surface area (Å²) in [6.45, 7) is 13.9. The van der Waals surface area contributed by atoms with Crippen molar-refractivity contribution in [1.82, 2.24) is 15.1 Å². The number of esters is 1. The maximum atomic E-state index is 13.4. The van der Waals surface area contributed by atoms with E-state index in [-0.39, 0.29) is 35.1 Å². The topological polar surface area (TPSA) is 103 Å². The number of carbonyl (C=O) groups is 2. The van der Waals surface area contributed by atoms with E-state index in [1.807, 2.05) is 0 Å². The Labute approximate surface area is 264 Å². The molecule has 11 nitrogen and oxygen atoms in total. The lowest BCUT2D eigenvalue weighted by molar-refractivity contribution is 0.0221. The van der Waals surface area contributed by atoms with Crippen LogP contribution in [-0.2, 0) is 4.74 Å². The summed E-state index contributed by atoms with van der Waals surface area (Å²) in [6, 6.07) is 6.23. The molecule has 1 N–H and O–H groups in total. The molecule has 2 aliphatic rings. The van der Waals surface area contributed by atoms with Crippen molar-refractivity contribution in [3.8, 4) is 23.0 Å². The van der Waals surface area contributed by atoms with E-state index in [2.05, 4.69) is 20.0 Å². The molecule has 1 saturated heterocycles. The summed E-state index contributed by atoms with van der Waals surface area (Å²) in [5.41, 5.74) is 0.800. The minimum atomic E-state index is -0.489. The van der Waals surface area contributed by atoms with Crippen LogP contribution >= 0.6 is 11.6 Å². The van der Waals surface area contributed by atoms with E-state index in [0.717, 1.165) is 52.1 Å². The smallest absolute Gasteiger partial charge is 0.338 e. The van der Waals surface area contributed by atoms with Gasteiger partial charge in [-0.3, -0.25) is 4.79 Å². The number of amides is 1. The number of hydrogen-bond acceptors (Lipinski definition) is 9. The van der Waals surface area contributed by atoms with E-state index < -0.39 is 5.97 Å². The van der Waals surface area contributed by atoms with Crippen LogP contribution in [0.3, 0.4) is 0 Å². The highest BCUT2D eigenvalue weighted by molar-refractivity contribution is 6.34. The Balaban J connectivity index is 1.54. The van der Waals surface area contributed by atoms with E-state index in [9.17, 15) is 9.59 Å². The number of rotatable bonds is 5. The van der Waals surface area contributed by atoms with Gasteiger partial charge in [-0.1, -0.05) is 11.6 Å². The highest BCUT2D eigenvalue weighted by Crippen LogP contribution is 2.39. The molecule has 12 heteroatoms. The van der Waals surface area contributed by atoms with Crippen molar-refractivity contribution >= 4 is 29.2 Å². The van der Waals surface area contributed by atoms with Crippen LogP contribution in [0.1, 0.15) is 52.8 Å². The predicted octanol–water partition coefficient (Wildman–Crippen LogP) is 4.83. The first-order chi connectivity index (χ1) is 21.4. The van der Waals surface area contributed by atoms with E-state index in [1.54, 1.807) is 18.2 Å². The Hall–Kier alpha value is -3.72. The van der Waals surface area contributed by atoms with Gasteiger partial charge in [0.15, 0.2) is 11.5 Å². The number of ether oxygens (including phenoxy) is 5. The summed E-state index contributed by atoms with van der Waals surface area (Å²) in [4.78, 5) is 34.6. The molecule has 1 amide bonds. The third-order valence-electron chi connectivity index (χ3n) is 7.89. The molecular formula is C32H41ClN4O7. The van der Waals surface area contributed by atoms with E-state index in [1.165, 1.54) is 27.4 Å². The molecule has 0 radical (unpaired) electrons. The number of halogens is 1. The molecular weight excluding hydrogens is 588 g/mol. The second-order valence-electron chi connectivity index (χ2n) is 10.8. The van der Waals surface area contributed by atoms with Crippen LogP contribution in [0.2, 0.25) is 5.02 Å². The van der Waals surface area contributed by atoms with Crippen LogP contribution in [0.5, 0.6) is 23.0 Å². The highest BCUT2D eigenvalue weighted by atomic mass is 35.5. The van der Waals surface area contributed by atoms with Crippen molar-refractivity contribution in [3.05, 3.63) is 51.8 Å². The van der Waals surface area contributed by atoms with Gasteiger partial charge >= 0.3 is 5.97 Å². The van der Waals surface area contributed by atoms with Gasteiger partial charge in [0.2, 0.25) is 11.4 Å². The lowest BCUT2D eigenvalue weighted by Crippen LogP contribution is -2.34. The van der Waals surface area contributed by atoms with Crippen molar-refractivity contribution < 1.29 is 33.3 Å². The Morgan fingerprint density at radius 3 is 2.27 bits per heavy atom. The second-order valence-corrected chi connectivity index (χ2v) is 11.2. The quantitative estimate of drug-likeness (QED) is 0.368. The Morgan fingerprint density at radius 1 is 0.932 bits per heavy atom. The molecule has 238 valence electrons. The van der Waals surface area contributed by atoms with Crippen molar-refractivity contribution in [3.63, 3.8) is 0 Å². The zero-order valence-corrected chi connectivity index (χ0v) is 26.4. The van der Waals surface area contributed by atoms with Gasteiger partial charge in [-0.05, 0) is 76.0 Å². The summed E-state index contributed by atoms with van der Waals surface area (Å²) in [5, 5.41) is 3.13. The summed E-state index contributed by atoms with van der Waals surface area (Å²) in [6.07, 6.45) is 3.23. The lowest BCUT2D eigenvalue weighted by atomic mass is 10.1. The van der Waals surface area contributed by atoms with Crippen LogP contribution in [0, 0.1) is 6.57 Å². The van der Waals surface area contributed by atoms with Crippen LogP contribution < -0.4 is 24.3 Å². The average molecular weight is 629 g/mol. The molecule has 0 aliphatic carbocycles. The number of carbonyl (C=O) groups excluding carboxylic acids is 2. The van der Waals surface area contributed by atoms with Gasteiger partial charge in [-0.2, -0.15) is 0 Å². The van der Waals surface area contributed by atoms with Crippen LogP contribution in [-0.4, -0.2) is 102 Å². The molecule has 2 heterocycles. The highest BCUT2D eigenvalue weighted by Gasteiger charge is 2.23. The summed E-state index contributed by atoms with van der Waals surface area (Å²) in [7, 11) is 4.50. The van der Waals surface area contributed by atoms with Gasteiger partial charge in [-0.15, -0.1) is 0 Å². The molecule has 0 saturated carbocycles. The number of nitrogens with zero attached hydrogens (tertiary/aromatic N) is 3. The molecule has 3 atom stereocenters. The number of nitrogens with one attached hydrogen (secondary N) is 1. The number of hydrogen-bond donors (Lipinski definition) is 1. The molecule has 2 aromatic rings. The number of benzene rings is 2. The van der Waals surface area contributed by atoms with Crippen molar-refractivity contribution in [2.75, 3.05) is 73.7 Å². The fraction of sp³-hybridized carbons (Fsp3) is 0.531. The largest absolute Gasteiger partial charge is 0.505 e. The van der Waals surface area contributed by atoms with Crippen LogP contribution in [0.15, 0.2) is 24.3 Å². The third-order valence-corrected chi connectivity index (χ3v) is 8.18. The number of methoxy groups -OCH3 is 3. The lowest BCUT2D eigenvalue weighted by Gasteiger charge is -2.25. The molecule has 2 aliphatic heterocycles. The van der Waals surface area contributed by atoms with Crippen molar-refractivity contribution in [2.45, 2.75) is 38.2 Å². The fourth-order valence-corrected chi connectivity index (χ4v) is 5.75. The third kappa shape index (κ3) is 8.68. The van der Waals surface area contributed by atoms with Gasteiger partial charge in [0.05, 0.1) is 45.1 Å². The molecule has 4 rings (SSSR count). The van der Waals surface area contributed by atoms with Crippen LogP contribution in [0.25, 0.3) is 4.85 Å². The van der Waals surface area contributed by atoms with E-state index >= 15 is 0 Å². The summed E-state index contributed by atoms with van der Waals surface area (Å²) < 4.78 is 28.3. The SMILES string of the molecule is [C-]#[N+]c1c(Cl)cc2cc1OCCCC(OC(=O)c1cc(OC)c(OC)c(OC)c1)CCN1CCCN(CCCNC2=O)CC1. The second kappa shape index (κ2) is 16.4.